The molecule has 0 aromatic heterocycles. The fraction of sp³-hybridized carbons (Fsp3) is 0.556. The van der Waals surface area contributed by atoms with E-state index in [1.807, 2.05) is 32.1 Å². The number of halogens is 1. The maximum atomic E-state index is 12.3. The number of aliphatic hydroxyl groups is 1. The number of nitrogens with one attached hydrogen (secondary N) is 2. The Balaban J connectivity index is 1.60. The van der Waals surface area contributed by atoms with Gasteiger partial charge in [0, 0.05) is 33.4 Å². The maximum absolute atomic E-state index is 12.3. The van der Waals surface area contributed by atoms with E-state index in [2.05, 4.69) is 10.6 Å². The largest absolute Gasteiger partial charge is 0.495 e. The summed E-state index contributed by atoms with van der Waals surface area (Å²) in [5, 5.41) is 17.0. The number of allylic oxidation sites excluding steroid dienone is 3. The quantitative estimate of drug-likeness (QED) is 0.275. The number of alkyl carbamates (subject to hydrolysis) is 1. The number of hydrogen-bond acceptors (Lipinski definition) is 7. The van der Waals surface area contributed by atoms with Crippen molar-refractivity contribution in [1.29, 1.82) is 0 Å². The Labute approximate surface area is 223 Å². The lowest BCUT2D eigenvalue weighted by Gasteiger charge is -2.40. The third-order valence-electron chi connectivity index (χ3n) is 6.86. The van der Waals surface area contributed by atoms with Crippen LogP contribution in [0.2, 0.25) is 5.02 Å². The van der Waals surface area contributed by atoms with Crippen LogP contribution in [0.15, 0.2) is 42.0 Å². The first-order chi connectivity index (χ1) is 17.5. The highest BCUT2D eigenvalue weighted by atomic mass is 35.5. The number of carbonyl (C=O) groups excluding carboxylic acids is 2. The van der Waals surface area contributed by atoms with Crippen molar-refractivity contribution in [2.45, 2.75) is 75.6 Å². The monoisotopic (exact) mass is 536 g/mol. The molecule has 2 aliphatic rings. The molecule has 1 aromatic carbocycles. The van der Waals surface area contributed by atoms with E-state index in [0.717, 1.165) is 11.1 Å². The second-order valence-corrected chi connectivity index (χ2v) is 10.2. The molecule has 10 heteroatoms. The molecule has 0 bridgehead atoms. The number of amides is 2. The van der Waals surface area contributed by atoms with Crippen LogP contribution < -0.4 is 15.4 Å². The number of methoxy groups -OCH3 is 2. The normalized spacial score (nSPS) is 28.4. The minimum atomic E-state index is -1.65. The lowest BCUT2D eigenvalue weighted by molar-refractivity contribution is -0.135. The van der Waals surface area contributed by atoms with Crippen LogP contribution in [0.5, 0.6) is 5.75 Å². The second kappa shape index (κ2) is 12.3. The van der Waals surface area contributed by atoms with Crippen molar-refractivity contribution in [3.05, 3.63) is 52.6 Å². The van der Waals surface area contributed by atoms with E-state index >= 15 is 0 Å². The molecule has 2 fully saturated rings. The van der Waals surface area contributed by atoms with Crippen LogP contribution in [-0.4, -0.2) is 68.0 Å². The van der Waals surface area contributed by atoms with Crippen LogP contribution in [0.1, 0.15) is 45.1 Å². The molecule has 5 atom stereocenters. The molecule has 9 nitrogen and oxygen atoms in total. The molecule has 2 aliphatic heterocycles. The summed E-state index contributed by atoms with van der Waals surface area (Å²) >= 11 is 6.10. The second-order valence-electron chi connectivity index (χ2n) is 9.81. The van der Waals surface area contributed by atoms with Crippen molar-refractivity contribution in [1.82, 2.24) is 10.6 Å². The lowest BCUT2D eigenvalue weighted by atomic mass is 9.91. The Hall–Kier alpha value is -2.59. The Bertz CT molecular complexity index is 1050. The molecule has 0 radical (unpaired) electrons. The number of rotatable bonds is 12. The van der Waals surface area contributed by atoms with Gasteiger partial charge in [-0.25, -0.2) is 4.79 Å². The molecule has 37 heavy (non-hydrogen) atoms. The minimum absolute atomic E-state index is 0.0509. The molecular formula is C27H37ClN2O7. The fourth-order valence-corrected chi connectivity index (χ4v) is 4.79. The summed E-state index contributed by atoms with van der Waals surface area (Å²) in [6, 6.07) is 5.64. The maximum Gasteiger partial charge on any atom is 0.409 e. The average molecular weight is 537 g/mol. The topological polar surface area (TPSA) is 119 Å². The van der Waals surface area contributed by atoms with Gasteiger partial charge in [-0.2, -0.15) is 0 Å². The Morgan fingerprint density at radius 3 is 2.84 bits per heavy atom. The number of ether oxygens (including phenoxy) is 4. The van der Waals surface area contributed by atoms with Gasteiger partial charge in [-0.3, -0.25) is 10.1 Å². The van der Waals surface area contributed by atoms with Crippen LogP contribution in [0, 0.1) is 0 Å². The molecule has 2 saturated heterocycles. The molecule has 0 saturated carbocycles. The Morgan fingerprint density at radius 2 is 2.16 bits per heavy atom. The highest BCUT2D eigenvalue weighted by Gasteiger charge is 2.55. The molecule has 204 valence electrons. The SMILES string of the molecule is CNC(=O)CCC1(C)O[C@H]1CC1C[C@](O)([C@@H](/C=C/C=C(\C)Cc2ccc(Cl)c(OC)c2)OC)NC(=O)O1. The molecule has 3 rings (SSSR count). The predicted octanol–water partition coefficient (Wildman–Crippen LogP) is 3.67. The molecule has 3 N–H and O–H groups in total. The molecule has 2 unspecified atom stereocenters. The number of carbonyl (C=O) groups is 2. The summed E-state index contributed by atoms with van der Waals surface area (Å²) < 4.78 is 22.0. The summed E-state index contributed by atoms with van der Waals surface area (Å²) in [6.45, 7) is 3.93. The summed E-state index contributed by atoms with van der Waals surface area (Å²) in [6.07, 6.45) is 5.34. The Morgan fingerprint density at radius 1 is 1.41 bits per heavy atom. The minimum Gasteiger partial charge on any atom is -0.495 e. The van der Waals surface area contributed by atoms with Crippen LogP contribution >= 0.6 is 11.6 Å². The summed E-state index contributed by atoms with van der Waals surface area (Å²) in [5.74, 6) is 0.572. The van der Waals surface area contributed by atoms with Gasteiger partial charge in [0.05, 0.1) is 23.8 Å². The first-order valence-corrected chi connectivity index (χ1v) is 12.7. The zero-order valence-electron chi connectivity index (χ0n) is 22.0. The van der Waals surface area contributed by atoms with Gasteiger partial charge in [-0.05, 0) is 44.4 Å². The van der Waals surface area contributed by atoms with Crippen molar-refractivity contribution in [3.63, 3.8) is 0 Å². The van der Waals surface area contributed by atoms with E-state index in [1.165, 1.54) is 7.11 Å². The van der Waals surface area contributed by atoms with Crippen molar-refractivity contribution in [3.8, 4) is 5.75 Å². The highest BCUT2D eigenvalue weighted by Crippen LogP contribution is 2.44. The first kappa shape index (κ1) is 29.0. The fourth-order valence-electron chi connectivity index (χ4n) is 4.60. The number of benzene rings is 1. The summed E-state index contributed by atoms with van der Waals surface area (Å²) in [7, 11) is 4.65. The van der Waals surface area contributed by atoms with Gasteiger partial charge in [-0.15, -0.1) is 0 Å². The lowest BCUT2D eigenvalue weighted by Crippen LogP contribution is -2.62. The van der Waals surface area contributed by atoms with E-state index in [0.29, 0.717) is 36.5 Å². The molecule has 1 aromatic rings. The highest BCUT2D eigenvalue weighted by molar-refractivity contribution is 6.32. The van der Waals surface area contributed by atoms with Gasteiger partial charge in [0.25, 0.3) is 0 Å². The van der Waals surface area contributed by atoms with Gasteiger partial charge in [0.15, 0.2) is 5.72 Å². The molecule has 0 aliphatic carbocycles. The van der Waals surface area contributed by atoms with Crippen LogP contribution in [0.25, 0.3) is 0 Å². The van der Waals surface area contributed by atoms with Crippen LogP contribution in [-0.2, 0) is 25.4 Å². The van der Waals surface area contributed by atoms with Crippen molar-refractivity contribution < 1.29 is 33.6 Å². The van der Waals surface area contributed by atoms with Gasteiger partial charge in [0.2, 0.25) is 5.91 Å². The molecule has 2 heterocycles. The van der Waals surface area contributed by atoms with Crippen LogP contribution in [0.3, 0.4) is 0 Å². The van der Waals surface area contributed by atoms with Gasteiger partial charge < -0.3 is 29.4 Å². The zero-order valence-corrected chi connectivity index (χ0v) is 22.8. The van der Waals surface area contributed by atoms with Gasteiger partial charge in [-0.1, -0.05) is 41.5 Å². The molecular weight excluding hydrogens is 500 g/mol. The average Bonchev–Trinajstić information content (AvgIpc) is 3.49. The van der Waals surface area contributed by atoms with Crippen molar-refractivity contribution >= 4 is 23.6 Å². The first-order valence-electron chi connectivity index (χ1n) is 12.3. The van der Waals surface area contributed by atoms with E-state index in [4.69, 9.17) is 30.5 Å². The van der Waals surface area contributed by atoms with E-state index in [1.54, 1.807) is 32.4 Å². The number of epoxide rings is 1. The Kier molecular flexibility index (Phi) is 9.63. The van der Waals surface area contributed by atoms with Crippen molar-refractivity contribution in [2.75, 3.05) is 21.3 Å². The zero-order chi connectivity index (χ0) is 27.2. The van der Waals surface area contributed by atoms with Gasteiger partial charge >= 0.3 is 6.09 Å². The summed E-state index contributed by atoms with van der Waals surface area (Å²) in [5.41, 5.74) is 0.0239. The third kappa shape index (κ3) is 7.70. The predicted molar refractivity (Wildman–Crippen MR) is 140 cm³/mol. The standard InChI is InChI=1S/C27H37ClN2O7/c1-17(13-18-9-10-20(28)21(14-18)34-4)7-6-8-22(35-5)27(33)16-19(36-25(32)30-27)15-23-26(2,37-23)12-11-24(31)29-3/h6-10,14,19,22-23,33H,11-13,15-16H2,1-5H3,(H,29,31)(H,30,32)/b8-6+,17-7+/t19?,22-,23+,26?,27+/m1/s1. The van der Waals surface area contributed by atoms with Crippen molar-refractivity contribution in [2.24, 2.45) is 0 Å². The molecule has 2 amide bonds. The number of hydrogen-bond donors (Lipinski definition) is 3. The molecule has 0 spiro atoms. The summed E-state index contributed by atoms with van der Waals surface area (Å²) in [4.78, 5) is 23.9. The smallest absolute Gasteiger partial charge is 0.409 e. The van der Waals surface area contributed by atoms with Gasteiger partial charge in [0.1, 0.15) is 18.0 Å². The third-order valence-corrected chi connectivity index (χ3v) is 7.17. The van der Waals surface area contributed by atoms with E-state index < -0.39 is 29.6 Å². The van der Waals surface area contributed by atoms with Crippen LogP contribution in [0.4, 0.5) is 4.79 Å². The number of cyclic esters (lactones) is 1. The van der Waals surface area contributed by atoms with E-state index in [-0.39, 0.29) is 18.4 Å². The van der Waals surface area contributed by atoms with E-state index in [9.17, 15) is 14.7 Å².